The van der Waals surface area contributed by atoms with Gasteiger partial charge in [-0.15, -0.1) is 13.2 Å². The van der Waals surface area contributed by atoms with Crippen LogP contribution in [0.15, 0.2) is 66.1 Å². The quantitative estimate of drug-likeness (QED) is 0.690. The Hall–Kier alpha value is -3.08. The standard InChI is InChI=1S/C16H13F3N4O3S/c17-16(18,19)26-14-2-1-3-15(8-14)27(24,25)22-13-6-4-12(5-7-13)9-23-11-20-10-21-23/h1-8,10-11,22H,9H2. The number of aromatic nitrogens is 3. The van der Waals surface area contributed by atoms with E-state index < -0.39 is 22.1 Å². The third kappa shape index (κ3) is 5.20. The van der Waals surface area contributed by atoms with Crippen LogP contribution >= 0.6 is 0 Å². The molecule has 0 saturated carbocycles. The Kier molecular flexibility index (Phi) is 5.04. The molecule has 0 amide bonds. The van der Waals surface area contributed by atoms with Gasteiger partial charge >= 0.3 is 6.36 Å². The fraction of sp³-hybridized carbons (Fsp3) is 0.125. The van der Waals surface area contributed by atoms with E-state index in [0.717, 1.165) is 23.8 Å². The van der Waals surface area contributed by atoms with Gasteiger partial charge in [-0.3, -0.25) is 4.72 Å². The van der Waals surface area contributed by atoms with Gasteiger partial charge in [0.1, 0.15) is 18.4 Å². The van der Waals surface area contributed by atoms with Crippen LogP contribution in [0.1, 0.15) is 5.56 Å². The van der Waals surface area contributed by atoms with Gasteiger partial charge in [0, 0.05) is 11.8 Å². The summed E-state index contributed by atoms with van der Waals surface area (Å²) in [5.41, 5.74) is 1.13. The zero-order valence-corrected chi connectivity index (χ0v) is 14.4. The first kappa shape index (κ1) is 18.7. The van der Waals surface area contributed by atoms with Crippen molar-refractivity contribution in [2.75, 3.05) is 4.72 Å². The number of nitrogens with zero attached hydrogens (tertiary/aromatic N) is 3. The molecule has 0 fully saturated rings. The summed E-state index contributed by atoms with van der Waals surface area (Å²) >= 11 is 0. The first-order chi connectivity index (χ1) is 12.7. The Bertz CT molecular complexity index is 1000. The van der Waals surface area contributed by atoms with Gasteiger partial charge in [0.15, 0.2) is 0 Å². The fourth-order valence-electron chi connectivity index (χ4n) is 2.23. The molecule has 3 rings (SSSR count). The van der Waals surface area contributed by atoms with Crippen molar-refractivity contribution in [3.8, 4) is 5.75 Å². The minimum atomic E-state index is -4.91. The number of benzene rings is 2. The number of hydrogen-bond acceptors (Lipinski definition) is 5. The normalized spacial score (nSPS) is 12.0. The van der Waals surface area contributed by atoms with Crippen LogP contribution in [0.5, 0.6) is 5.75 Å². The molecule has 1 aromatic heterocycles. The Morgan fingerprint density at radius 3 is 2.48 bits per heavy atom. The first-order valence-electron chi connectivity index (χ1n) is 7.51. The second-order valence-corrected chi connectivity index (χ2v) is 7.10. The van der Waals surface area contributed by atoms with Crippen LogP contribution < -0.4 is 9.46 Å². The molecule has 7 nitrogen and oxygen atoms in total. The molecule has 0 saturated heterocycles. The maximum atomic E-state index is 12.4. The highest BCUT2D eigenvalue weighted by atomic mass is 32.2. The highest BCUT2D eigenvalue weighted by Crippen LogP contribution is 2.26. The van der Waals surface area contributed by atoms with Gasteiger partial charge in [0.25, 0.3) is 10.0 Å². The van der Waals surface area contributed by atoms with Crippen molar-refractivity contribution in [1.29, 1.82) is 0 Å². The summed E-state index contributed by atoms with van der Waals surface area (Å²) in [6.07, 6.45) is -1.96. The average molecular weight is 398 g/mol. The number of anilines is 1. The molecule has 0 unspecified atom stereocenters. The van der Waals surface area contributed by atoms with Crippen molar-refractivity contribution in [3.05, 3.63) is 66.7 Å². The van der Waals surface area contributed by atoms with Crippen LogP contribution in [-0.4, -0.2) is 29.5 Å². The van der Waals surface area contributed by atoms with Gasteiger partial charge in [-0.05, 0) is 29.8 Å². The molecule has 3 aromatic rings. The van der Waals surface area contributed by atoms with Crippen molar-refractivity contribution in [3.63, 3.8) is 0 Å². The largest absolute Gasteiger partial charge is 0.573 e. The second kappa shape index (κ2) is 7.27. The Balaban J connectivity index is 1.73. The van der Waals surface area contributed by atoms with Gasteiger partial charge in [0.05, 0.1) is 11.4 Å². The molecular weight excluding hydrogens is 385 g/mol. The lowest BCUT2D eigenvalue weighted by Gasteiger charge is -2.12. The van der Waals surface area contributed by atoms with Crippen LogP contribution in [0.4, 0.5) is 18.9 Å². The SMILES string of the molecule is O=S(=O)(Nc1ccc(Cn2cncn2)cc1)c1cccc(OC(F)(F)F)c1. The molecule has 0 radical (unpaired) electrons. The lowest BCUT2D eigenvalue weighted by molar-refractivity contribution is -0.274. The number of halogens is 3. The average Bonchev–Trinajstić information content (AvgIpc) is 3.08. The molecule has 0 aliphatic carbocycles. The van der Waals surface area contributed by atoms with Crippen molar-refractivity contribution < 1.29 is 26.3 Å². The summed E-state index contributed by atoms with van der Waals surface area (Å²) in [6, 6.07) is 10.6. The van der Waals surface area contributed by atoms with Crippen LogP contribution in [0.3, 0.4) is 0 Å². The van der Waals surface area contributed by atoms with Crippen LogP contribution in [-0.2, 0) is 16.6 Å². The molecule has 1 heterocycles. The van der Waals surface area contributed by atoms with Crippen LogP contribution in [0.2, 0.25) is 0 Å². The van der Waals surface area contributed by atoms with E-state index in [4.69, 9.17) is 0 Å². The first-order valence-corrected chi connectivity index (χ1v) is 9.00. The molecule has 27 heavy (non-hydrogen) atoms. The molecular formula is C16H13F3N4O3S. The van der Waals surface area contributed by atoms with Crippen LogP contribution in [0, 0.1) is 0 Å². The van der Waals surface area contributed by atoms with Crippen molar-refractivity contribution in [2.24, 2.45) is 0 Å². The molecule has 11 heteroatoms. The second-order valence-electron chi connectivity index (χ2n) is 5.42. The van der Waals surface area contributed by atoms with Crippen molar-refractivity contribution >= 4 is 15.7 Å². The zero-order valence-electron chi connectivity index (χ0n) is 13.6. The summed E-state index contributed by atoms with van der Waals surface area (Å²) in [5.74, 6) is -0.617. The number of rotatable bonds is 6. The topological polar surface area (TPSA) is 86.1 Å². The van der Waals surface area contributed by atoms with Gasteiger partial charge in [-0.1, -0.05) is 18.2 Å². The molecule has 0 aliphatic heterocycles. The Morgan fingerprint density at radius 2 is 1.85 bits per heavy atom. The number of ether oxygens (including phenoxy) is 1. The maximum Gasteiger partial charge on any atom is 0.573 e. The molecule has 2 aromatic carbocycles. The molecule has 0 spiro atoms. The monoisotopic (exact) mass is 398 g/mol. The number of alkyl halides is 3. The minimum Gasteiger partial charge on any atom is -0.406 e. The minimum absolute atomic E-state index is 0.263. The predicted octanol–water partition coefficient (Wildman–Crippen LogP) is 3.03. The van der Waals surface area contributed by atoms with Gasteiger partial charge < -0.3 is 4.74 Å². The summed E-state index contributed by atoms with van der Waals surface area (Å²) in [7, 11) is -4.08. The highest BCUT2D eigenvalue weighted by molar-refractivity contribution is 7.92. The maximum absolute atomic E-state index is 12.4. The number of sulfonamides is 1. The van der Waals surface area contributed by atoms with E-state index in [9.17, 15) is 21.6 Å². The summed E-state index contributed by atoms with van der Waals surface area (Å²) in [5, 5.41) is 3.97. The molecule has 1 N–H and O–H groups in total. The summed E-state index contributed by atoms with van der Waals surface area (Å²) < 4.78 is 69.3. The molecule has 0 atom stereocenters. The van der Waals surface area contributed by atoms with E-state index in [1.807, 2.05) is 0 Å². The van der Waals surface area contributed by atoms with E-state index in [-0.39, 0.29) is 10.6 Å². The van der Waals surface area contributed by atoms with Gasteiger partial charge in [-0.2, -0.15) is 5.10 Å². The highest BCUT2D eigenvalue weighted by Gasteiger charge is 2.31. The van der Waals surface area contributed by atoms with Crippen LogP contribution in [0.25, 0.3) is 0 Å². The zero-order chi connectivity index (χ0) is 19.5. The van der Waals surface area contributed by atoms with E-state index in [1.165, 1.54) is 12.4 Å². The summed E-state index contributed by atoms with van der Waals surface area (Å²) in [6.45, 7) is 0.462. The predicted molar refractivity (Wildman–Crippen MR) is 89.5 cm³/mol. The molecule has 0 aliphatic rings. The fourth-order valence-corrected chi connectivity index (χ4v) is 3.33. The summed E-state index contributed by atoms with van der Waals surface area (Å²) in [4.78, 5) is 3.48. The van der Waals surface area contributed by atoms with E-state index in [0.29, 0.717) is 6.54 Å². The van der Waals surface area contributed by atoms with E-state index in [2.05, 4.69) is 19.5 Å². The molecule has 0 bridgehead atoms. The number of nitrogens with one attached hydrogen (secondary N) is 1. The van der Waals surface area contributed by atoms with E-state index in [1.54, 1.807) is 35.3 Å². The molecule has 142 valence electrons. The van der Waals surface area contributed by atoms with Gasteiger partial charge in [-0.25, -0.2) is 18.1 Å². The van der Waals surface area contributed by atoms with Gasteiger partial charge in [0.2, 0.25) is 0 Å². The van der Waals surface area contributed by atoms with Crippen molar-refractivity contribution in [2.45, 2.75) is 17.8 Å². The smallest absolute Gasteiger partial charge is 0.406 e. The number of hydrogen-bond donors (Lipinski definition) is 1. The third-order valence-corrected chi connectivity index (χ3v) is 4.75. The van der Waals surface area contributed by atoms with E-state index >= 15 is 0 Å². The van der Waals surface area contributed by atoms with Crippen molar-refractivity contribution in [1.82, 2.24) is 14.8 Å². The third-order valence-electron chi connectivity index (χ3n) is 3.37. The Morgan fingerprint density at radius 1 is 1.11 bits per heavy atom. The lowest BCUT2D eigenvalue weighted by atomic mass is 10.2. The lowest BCUT2D eigenvalue weighted by Crippen LogP contribution is -2.18. The Labute approximate surface area is 152 Å².